The van der Waals surface area contributed by atoms with Gasteiger partial charge in [-0.05, 0) is 24.3 Å². The summed E-state index contributed by atoms with van der Waals surface area (Å²) in [4.78, 5) is 32.8. The van der Waals surface area contributed by atoms with Crippen molar-refractivity contribution in [2.45, 2.75) is 18.0 Å². The molecule has 0 saturated heterocycles. The molecule has 3 aromatic rings. The topological polar surface area (TPSA) is 110 Å². The van der Waals surface area contributed by atoms with Crippen LogP contribution in [0, 0.1) is 0 Å². The van der Waals surface area contributed by atoms with Gasteiger partial charge in [0.15, 0.2) is 16.7 Å². The van der Waals surface area contributed by atoms with Gasteiger partial charge in [-0.15, -0.1) is 13.2 Å². The molecule has 0 amide bonds. The van der Waals surface area contributed by atoms with Gasteiger partial charge in [-0.2, -0.15) is 0 Å². The van der Waals surface area contributed by atoms with Crippen LogP contribution >= 0.6 is 0 Å². The summed E-state index contributed by atoms with van der Waals surface area (Å²) < 4.78 is 22.6. The molecule has 0 saturated carbocycles. The molecule has 0 fully saturated rings. The van der Waals surface area contributed by atoms with Crippen LogP contribution < -0.4 is 11.2 Å². The molecule has 3 rings (SSSR count). The van der Waals surface area contributed by atoms with E-state index < -0.39 is 22.3 Å². The SMILES string of the molecule is C=CCn1c(=O)c2[nH]c(-c3ccc(S(=O)O)cc3)nc2n(CC=C)c1=O. The Morgan fingerprint density at radius 1 is 1.12 bits per heavy atom. The maximum Gasteiger partial charge on any atom is 0.333 e. The molecule has 9 heteroatoms. The van der Waals surface area contributed by atoms with Crippen LogP contribution in [0.5, 0.6) is 0 Å². The zero-order valence-electron chi connectivity index (χ0n) is 13.7. The lowest BCUT2D eigenvalue weighted by Crippen LogP contribution is -2.39. The van der Waals surface area contributed by atoms with Crippen LogP contribution in [0.15, 0.2) is 64.1 Å². The number of H-pyrrole nitrogens is 1. The first-order valence-corrected chi connectivity index (χ1v) is 8.75. The molecule has 0 aliphatic carbocycles. The van der Waals surface area contributed by atoms with Gasteiger partial charge in [0.1, 0.15) is 11.3 Å². The molecule has 134 valence electrons. The molecule has 26 heavy (non-hydrogen) atoms. The van der Waals surface area contributed by atoms with E-state index in [-0.39, 0.29) is 29.1 Å². The molecule has 8 nitrogen and oxygen atoms in total. The average molecular weight is 372 g/mol. The third-order valence-electron chi connectivity index (χ3n) is 3.81. The molecule has 0 aliphatic heterocycles. The number of hydrogen-bond donors (Lipinski definition) is 2. The summed E-state index contributed by atoms with van der Waals surface area (Å²) >= 11 is -2.08. The molecule has 2 aromatic heterocycles. The number of nitrogens with zero attached hydrogens (tertiary/aromatic N) is 3. The van der Waals surface area contributed by atoms with Gasteiger partial charge in [-0.3, -0.25) is 13.9 Å². The Bertz CT molecular complexity index is 1140. The molecular formula is C17H16N4O4S. The Kier molecular flexibility index (Phi) is 4.83. The van der Waals surface area contributed by atoms with Crippen molar-refractivity contribution >= 4 is 22.2 Å². The highest BCUT2D eigenvalue weighted by Gasteiger charge is 2.17. The number of imidazole rings is 1. The second-order valence-electron chi connectivity index (χ2n) is 5.44. The first-order valence-electron chi connectivity index (χ1n) is 7.64. The number of rotatable bonds is 6. The fraction of sp³-hybridized carbons (Fsp3) is 0.118. The van der Waals surface area contributed by atoms with Crippen molar-refractivity contribution in [3.05, 3.63) is 70.4 Å². The van der Waals surface area contributed by atoms with E-state index in [2.05, 4.69) is 23.1 Å². The normalized spacial score (nSPS) is 12.2. The Morgan fingerprint density at radius 3 is 2.31 bits per heavy atom. The summed E-state index contributed by atoms with van der Waals surface area (Å²) in [6, 6.07) is 6.20. The summed E-state index contributed by atoms with van der Waals surface area (Å²) in [5, 5.41) is 0. The van der Waals surface area contributed by atoms with Crippen molar-refractivity contribution in [3.8, 4) is 11.4 Å². The Morgan fingerprint density at radius 2 is 1.73 bits per heavy atom. The number of fused-ring (bicyclic) bond motifs is 1. The minimum atomic E-state index is -2.08. The summed E-state index contributed by atoms with van der Waals surface area (Å²) in [5.41, 5.74) is 0.0502. The lowest BCUT2D eigenvalue weighted by molar-refractivity contribution is 0.564. The van der Waals surface area contributed by atoms with Crippen molar-refractivity contribution in [3.63, 3.8) is 0 Å². The van der Waals surface area contributed by atoms with Crippen LogP contribution in [0.3, 0.4) is 0 Å². The van der Waals surface area contributed by atoms with Crippen LogP contribution in [-0.4, -0.2) is 27.9 Å². The van der Waals surface area contributed by atoms with Crippen LogP contribution in [0.4, 0.5) is 0 Å². The second-order valence-corrected chi connectivity index (χ2v) is 6.41. The molecule has 1 aromatic carbocycles. The molecule has 0 spiro atoms. The fourth-order valence-electron chi connectivity index (χ4n) is 2.62. The number of benzene rings is 1. The van der Waals surface area contributed by atoms with Crippen molar-refractivity contribution < 1.29 is 8.76 Å². The number of allylic oxidation sites excluding steroid dienone is 2. The maximum absolute atomic E-state index is 12.6. The number of nitrogens with one attached hydrogen (secondary N) is 1. The third-order valence-corrected chi connectivity index (χ3v) is 4.49. The van der Waals surface area contributed by atoms with E-state index in [9.17, 15) is 13.8 Å². The van der Waals surface area contributed by atoms with Crippen molar-refractivity contribution in [2.24, 2.45) is 0 Å². The molecule has 0 aliphatic rings. The van der Waals surface area contributed by atoms with Gasteiger partial charge in [0.25, 0.3) is 5.56 Å². The Hall–Kier alpha value is -3.04. The first kappa shape index (κ1) is 17.8. The molecular weight excluding hydrogens is 356 g/mol. The van der Waals surface area contributed by atoms with E-state index in [0.717, 1.165) is 4.57 Å². The monoisotopic (exact) mass is 372 g/mol. The van der Waals surface area contributed by atoms with Gasteiger partial charge >= 0.3 is 5.69 Å². The van der Waals surface area contributed by atoms with E-state index in [1.54, 1.807) is 18.2 Å². The van der Waals surface area contributed by atoms with Crippen molar-refractivity contribution in [1.82, 2.24) is 19.1 Å². The van der Waals surface area contributed by atoms with Gasteiger partial charge in [-0.25, -0.2) is 14.0 Å². The smallest absolute Gasteiger partial charge is 0.332 e. The molecule has 2 heterocycles. The summed E-state index contributed by atoms with van der Waals surface area (Å²) in [7, 11) is 0. The highest BCUT2D eigenvalue weighted by molar-refractivity contribution is 7.79. The van der Waals surface area contributed by atoms with Crippen molar-refractivity contribution in [2.75, 3.05) is 0 Å². The summed E-state index contributed by atoms with van der Waals surface area (Å²) in [6.45, 7) is 7.48. The van der Waals surface area contributed by atoms with Crippen LogP contribution in [-0.2, 0) is 24.2 Å². The van der Waals surface area contributed by atoms with Gasteiger partial charge in [0.2, 0.25) is 0 Å². The standard InChI is InChI=1S/C17H16N4O4S/c1-3-9-20-15-13(16(22)21(10-4-2)17(20)23)18-14(19-15)11-5-7-12(8-6-11)26(24)25/h3-8H,1-2,9-10H2,(H,18,19)(H,24,25). The van der Waals surface area contributed by atoms with Crippen molar-refractivity contribution in [1.29, 1.82) is 0 Å². The van der Waals surface area contributed by atoms with Crippen LogP contribution in [0.1, 0.15) is 0 Å². The zero-order chi connectivity index (χ0) is 18.8. The number of hydrogen-bond acceptors (Lipinski definition) is 4. The zero-order valence-corrected chi connectivity index (χ0v) is 14.5. The maximum atomic E-state index is 12.6. The molecule has 1 atom stereocenters. The van der Waals surface area contributed by atoms with Gasteiger partial charge in [0, 0.05) is 18.7 Å². The fourth-order valence-corrected chi connectivity index (χ4v) is 2.99. The lowest BCUT2D eigenvalue weighted by Gasteiger charge is -2.07. The minimum absolute atomic E-state index is 0.0795. The minimum Gasteiger partial charge on any atom is -0.332 e. The molecule has 0 bridgehead atoms. The third kappa shape index (κ3) is 2.98. The largest absolute Gasteiger partial charge is 0.333 e. The predicted molar refractivity (Wildman–Crippen MR) is 99.5 cm³/mol. The lowest BCUT2D eigenvalue weighted by atomic mass is 10.2. The Balaban J connectivity index is 2.26. The van der Waals surface area contributed by atoms with Crippen LogP contribution in [0.25, 0.3) is 22.6 Å². The predicted octanol–water partition coefficient (Wildman–Crippen LogP) is 1.51. The van der Waals surface area contributed by atoms with E-state index >= 15 is 0 Å². The Labute approximate surface area is 150 Å². The van der Waals surface area contributed by atoms with E-state index in [1.807, 2.05) is 0 Å². The van der Waals surface area contributed by atoms with E-state index in [1.165, 1.54) is 22.8 Å². The second kappa shape index (κ2) is 7.06. The highest BCUT2D eigenvalue weighted by Crippen LogP contribution is 2.20. The van der Waals surface area contributed by atoms with Gasteiger partial charge in [0.05, 0.1) is 4.90 Å². The van der Waals surface area contributed by atoms with E-state index in [0.29, 0.717) is 11.4 Å². The number of aromatic amines is 1. The van der Waals surface area contributed by atoms with Crippen LogP contribution in [0.2, 0.25) is 0 Å². The highest BCUT2D eigenvalue weighted by atomic mass is 32.2. The van der Waals surface area contributed by atoms with Gasteiger partial charge in [-0.1, -0.05) is 12.2 Å². The van der Waals surface area contributed by atoms with E-state index in [4.69, 9.17) is 4.55 Å². The molecule has 0 radical (unpaired) electrons. The average Bonchev–Trinajstić information content (AvgIpc) is 3.08. The summed E-state index contributed by atoms with van der Waals surface area (Å²) in [6.07, 6.45) is 3.02. The molecule has 2 N–H and O–H groups in total. The van der Waals surface area contributed by atoms with Gasteiger partial charge < -0.3 is 9.54 Å². The first-order chi connectivity index (χ1) is 12.5. The quantitative estimate of drug-likeness (QED) is 0.503. The molecule has 1 unspecified atom stereocenters. The summed E-state index contributed by atoms with van der Waals surface area (Å²) in [5.74, 6) is 0.376. The number of aromatic nitrogens is 4.